The average Bonchev–Trinajstić information content (AvgIpc) is 2.46. The van der Waals surface area contributed by atoms with Gasteiger partial charge in [-0.25, -0.2) is 9.59 Å². The number of carboxylic acids is 1. The van der Waals surface area contributed by atoms with E-state index >= 15 is 0 Å². The summed E-state index contributed by atoms with van der Waals surface area (Å²) in [5, 5.41) is 14.5. The molecule has 0 rings (SSSR count). The van der Waals surface area contributed by atoms with E-state index in [1.807, 2.05) is 6.92 Å². The third-order valence-corrected chi connectivity index (χ3v) is 4.35. The zero-order valence-corrected chi connectivity index (χ0v) is 17.6. The first-order valence-corrected chi connectivity index (χ1v) is 10.2. The van der Waals surface area contributed by atoms with E-state index in [-0.39, 0.29) is 24.1 Å². The molecule has 3 N–H and O–H groups in total. The molecule has 0 aliphatic rings. The second-order valence-corrected chi connectivity index (χ2v) is 8.92. The minimum atomic E-state index is -1.12. The number of carboxylic acid groups (broad SMARTS) is 1. The Bertz CT molecular complexity index is 463. The van der Waals surface area contributed by atoms with Gasteiger partial charge in [-0.15, -0.1) is 0 Å². The van der Waals surface area contributed by atoms with Crippen LogP contribution in [-0.2, 0) is 14.3 Å². The first-order valence-electron chi connectivity index (χ1n) is 9.00. The molecule has 0 aromatic heterocycles. The Morgan fingerprint density at radius 3 is 2.15 bits per heavy atom. The molecule has 7 nitrogen and oxygen atoms in total. The number of carbonyl (C=O) groups excluding carboxylic acids is 2. The lowest BCUT2D eigenvalue weighted by Crippen LogP contribution is -2.43. The van der Waals surface area contributed by atoms with Gasteiger partial charge in [0.15, 0.2) is 0 Å². The van der Waals surface area contributed by atoms with Crippen molar-refractivity contribution in [1.29, 1.82) is 0 Å². The molecule has 152 valence electrons. The molecule has 0 radical (unpaired) electrons. The highest BCUT2D eigenvalue weighted by molar-refractivity contribution is 7.99. The van der Waals surface area contributed by atoms with E-state index < -0.39 is 23.7 Å². The second-order valence-electron chi connectivity index (χ2n) is 7.82. The molecular weight excluding hydrogens is 356 g/mol. The van der Waals surface area contributed by atoms with Crippen LogP contribution in [-0.4, -0.2) is 52.3 Å². The van der Waals surface area contributed by atoms with E-state index in [0.29, 0.717) is 11.7 Å². The van der Waals surface area contributed by atoms with Crippen LogP contribution in [0.3, 0.4) is 0 Å². The molecule has 0 saturated heterocycles. The van der Waals surface area contributed by atoms with Gasteiger partial charge in [0.25, 0.3) is 0 Å². The van der Waals surface area contributed by atoms with Gasteiger partial charge >= 0.3 is 12.1 Å². The molecule has 26 heavy (non-hydrogen) atoms. The van der Waals surface area contributed by atoms with Crippen LogP contribution >= 0.6 is 11.8 Å². The second kappa shape index (κ2) is 12.0. The van der Waals surface area contributed by atoms with Gasteiger partial charge in [0.1, 0.15) is 11.6 Å². The van der Waals surface area contributed by atoms with E-state index in [0.717, 1.165) is 12.8 Å². The normalized spacial score (nSPS) is 13.8. The molecule has 2 amide bonds. The predicted octanol–water partition coefficient (Wildman–Crippen LogP) is 3.03. The van der Waals surface area contributed by atoms with Crippen LogP contribution in [0.1, 0.15) is 60.8 Å². The lowest BCUT2D eigenvalue weighted by Gasteiger charge is -2.22. The Balaban J connectivity index is 4.11. The molecule has 2 atom stereocenters. The molecule has 0 aliphatic heterocycles. The summed E-state index contributed by atoms with van der Waals surface area (Å²) in [4.78, 5) is 34.8. The largest absolute Gasteiger partial charge is 0.480 e. The third-order valence-electron chi connectivity index (χ3n) is 3.36. The lowest BCUT2D eigenvalue weighted by atomic mass is 10.0. The number of carbonyl (C=O) groups is 3. The van der Waals surface area contributed by atoms with E-state index in [1.54, 1.807) is 20.8 Å². The quantitative estimate of drug-likeness (QED) is 0.468. The van der Waals surface area contributed by atoms with Gasteiger partial charge in [-0.05, 0) is 58.6 Å². The van der Waals surface area contributed by atoms with Crippen molar-refractivity contribution >= 4 is 29.7 Å². The van der Waals surface area contributed by atoms with Crippen molar-refractivity contribution in [3.05, 3.63) is 0 Å². The number of alkyl carbamates (subject to hydrolysis) is 1. The van der Waals surface area contributed by atoms with Gasteiger partial charge in [0.2, 0.25) is 5.91 Å². The van der Waals surface area contributed by atoms with E-state index in [4.69, 9.17) is 4.74 Å². The highest BCUT2D eigenvalue weighted by atomic mass is 32.2. The Morgan fingerprint density at radius 1 is 1.04 bits per heavy atom. The fourth-order valence-corrected chi connectivity index (χ4v) is 2.86. The van der Waals surface area contributed by atoms with Gasteiger partial charge in [0, 0.05) is 6.04 Å². The van der Waals surface area contributed by atoms with Crippen LogP contribution in [0.25, 0.3) is 0 Å². The van der Waals surface area contributed by atoms with Crippen molar-refractivity contribution in [2.45, 2.75) is 78.5 Å². The molecule has 0 aromatic carbocycles. The van der Waals surface area contributed by atoms with Gasteiger partial charge in [-0.3, -0.25) is 4.79 Å². The minimum Gasteiger partial charge on any atom is -0.480 e. The Hall–Kier alpha value is -1.44. The van der Waals surface area contributed by atoms with Crippen molar-refractivity contribution in [3.63, 3.8) is 0 Å². The zero-order chi connectivity index (χ0) is 20.3. The molecule has 0 bridgehead atoms. The maximum absolute atomic E-state index is 11.9. The van der Waals surface area contributed by atoms with Crippen LogP contribution in [0, 0.1) is 5.92 Å². The summed E-state index contributed by atoms with van der Waals surface area (Å²) >= 11 is 1.35. The minimum absolute atomic E-state index is 0.0572. The number of rotatable bonds is 11. The van der Waals surface area contributed by atoms with Gasteiger partial charge in [0.05, 0.1) is 5.75 Å². The predicted molar refractivity (Wildman–Crippen MR) is 104 cm³/mol. The number of hydrogen-bond donors (Lipinski definition) is 3. The molecule has 0 spiro atoms. The first-order chi connectivity index (χ1) is 11.9. The third kappa shape index (κ3) is 13.8. The molecule has 0 fully saturated rings. The van der Waals surface area contributed by atoms with Crippen molar-refractivity contribution < 1.29 is 24.2 Å². The van der Waals surface area contributed by atoms with Crippen LogP contribution in [0.15, 0.2) is 0 Å². The van der Waals surface area contributed by atoms with Crippen molar-refractivity contribution in [3.8, 4) is 0 Å². The van der Waals surface area contributed by atoms with Crippen LogP contribution in [0.5, 0.6) is 0 Å². The number of thioether (sulfide) groups is 1. The number of amides is 2. The summed E-state index contributed by atoms with van der Waals surface area (Å²) in [6.45, 7) is 11.4. The van der Waals surface area contributed by atoms with E-state index in [9.17, 15) is 19.5 Å². The van der Waals surface area contributed by atoms with Crippen LogP contribution in [0.4, 0.5) is 4.79 Å². The maximum Gasteiger partial charge on any atom is 0.408 e. The summed E-state index contributed by atoms with van der Waals surface area (Å²) in [6, 6.07) is -0.906. The Labute approximate surface area is 161 Å². The average molecular weight is 391 g/mol. The maximum atomic E-state index is 11.9. The fraction of sp³-hybridized carbons (Fsp3) is 0.833. The smallest absolute Gasteiger partial charge is 0.408 e. The molecule has 2 unspecified atom stereocenters. The first kappa shape index (κ1) is 24.6. The summed E-state index contributed by atoms with van der Waals surface area (Å²) in [6.07, 6.45) is 1.46. The zero-order valence-electron chi connectivity index (χ0n) is 16.8. The van der Waals surface area contributed by atoms with Gasteiger partial charge < -0.3 is 20.5 Å². The fourth-order valence-electron chi connectivity index (χ4n) is 2.05. The number of aliphatic carboxylic acids is 1. The summed E-state index contributed by atoms with van der Waals surface area (Å²) in [5.74, 6) is 0.140. The summed E-state index contributed by atoms with van der Waals surface area (Å²) in [7, 11) is 0. The molecule has 0 saturated carbocycles. The standard InChI is InChI=1S/C18H34N2O5S/c1-12(2)7-8-13(3)19-15(21)11-26-10-9-14(16(22)23)20-17(24)25-18(4,5)6/h12-14H,7-11H2,1-6H3,(H,19,21)(H,20,24)(H,22,23). The van der Waals surface area contributed by atoms with E-state index in [2.05, 4.69) is 24.5 Å². The van der Waals surface area contributed by atoms with Crippen LogP contribution < -0.4 is 10.6 Å². The van der Waals surface area contributed by atoms with Gasteiger partial charge in [-0.2, -0.15) is 11.8 Å². The lowest BCUT2D eigenvalue weighted by molar-refractivity contribution is -0.139. The highest BCUT2D eigenvalue weighted by Gasteiger charge is 2.23. The molecule has 0 aromatic rings. The van der Waals surface area contributed by atoms with Crippen molar-refractivity contribution in [2.24, 2.45) is 5.92 Å². The molecule has 0 aliphatic carbocycles. The van der Waals surface area contributed by atoms with Crippen LogP contribution in [0.2, 0.25) is 0 Å². The SMILES string of the molecule is CC(C)CCC(C)NC(=O)CSCCC(NC(=O)OC(C)(C)C)C(=O)O. The number of ether oxygens (including phenoxy) is 1. The topological polar surface area (TPSA) is 105 Å². The summed E-state index contributed by atoms with van der Waals surface area (Å²) in [5.41, 5.74) is -0.688. The van der Waals surface area contributed by atoms with E-state index in [1.165, 1.54) is 11.8 Å². The van der Waals surface area contributed by atoms with Gasteiger partial charge in [-0.1, -0.05) is 13.8 Å². The Kier molecular flexibility index (Phi) is 11.4. The summed E-state index contributed by atoms with van der Waals surface area (Å²) < 4.78 is 5.06. The highest BCUT2D eigenvalue weighted by Crippen LogP contribution is 2.10. The molecular formula is C18H34N2O5S. The monoisotopic (exact) mass is 390 g/mol. The number of nitrogens with one attached hydrogen (secondary N) is 2. The van der Waals surface area contributed by atoms with Crippen molar-refractivity contribution in [1.82, 2.24) is 10.6 Å². The Morgan fingerprint density at radius 2 is 1.65 bits per heavy atom. The molecule has 8 heteroatoms. The molecule has 0 heterocycles. The number of hydrogen-bond acceptors (Lipinski definition) is 5. The van der Waals surface area contributed by atoms with Crippen molar-refractivity contribution in [2.75, 3.05) is 11.5 Å².